The van der Waals surface area contributed by atoms with E-state index in [-0.39, 0.29) is 5.78 Å². The van der Waals surface area contributed by atoms with Crippen LogP contribution in [0.15, 0.2) is 3.79 Å². The number of aryl methyl sites for hydroxylation is 1. The van der Waals surface area contributed by atoms with E-state index in [1.165, 1.54) is 6.92 Å². The van der Waals surface area contributed by atoms with Crippen LogP contribution in [0.2, 0.25) is 0 Å². The fourth-order valence-electron chi connectivity index (χ4n) is 0.881. The Morgan fingerprint density at radius 3 is 2.75 bits per heavy atom. The zero-order chi connectivity index (χ0) is 9.14. The van der Waals surface area contributed by atoms with Gasteiger partial charge < -0.3 is 0 Å². The van der Waals surface area contributed by atoms with E-state index in [1.807, 2.05) is 0 Å². The van der Waals surface area contributed by atoms with E-state index in [2.05, 4.69) is 27.8 Å². The van der Waals surface area contributed by atoms with Crippen molar-refractivity contribution in [2.75, 3.05) is 0 Å². The van der Waals surface area contributed by atoms with Gasteiger partial charge in [0, 0.05) is 6.92 Å². The number of hydrogen-bond acceptors (Lipinski definition) is 3. The average molecular weight is 248 g/mol. The van der Waals surface area contributed by atoms with Gasteiger partial charge in [0.05, 0.1) is 5.01 Å². The maximum Gasteiger partial charge on any atom is 0.180 e. The summed E-state index contributed by atoms with van der Waals surface area (Å²) in [4.78, 5) is 15.2. The Balaban J connectivity index is 2.92. The molecular formula is C8H10BrNOS. The zero-order valence-corrected chi connectivity index (χ0v) is 9.46. The van der Waals surface area contributed by atoms with Crippen molar-refractivity contribution < 1.29 is 4.79 Å². The van der Waals surface area contributed by atoms with E-state index < -0.39 is 0 Å². The van der Waals surface area contributed by atoms with Gasteiger partial charge in [-0.3, -0.25) is 4.79 Å². The minimum absolute atomic E-state index is 0.0282. The third-order valence-corrected chi connectivity index (χ3v) is 3.19. The average Bonchev–Trinajstić information content (AvgIpc) is 2.32. The molecule has 0 saturated heterocycles. The molecule has 0 amide bonds. The molecule has 2 nitrogen and oxygen atoms in total. The highest BCUT2D eigenvalue weighted by Crippen LogP contribution is 2.25. The minimum atomic E-state index is 0.0282. The van der Waals surface area contributed by atoms with Crippen LogP contribution in [-0.2, 0) is 6.42 Å². The Bertz CT molecular complexity index is 295. The molecular weight excluding hydrogens is 238 g/mol. The number of hydrogen-bond donors (Lipinski definition) is 0. The van der Waals surface area contributed by atoms with Crippen LogP contribution < -0.4 is 0 Å². The molecule has 0 aliphatic heterocycles. The Labute approximate surface area is 84.1 Å². The van der Waals surface area contributed by atoms with Crippen LogP contribution in [0, 0.1) is 0 Å². The van der Waals surface area contributed by atoms with Gasteiger partial charge in [0.25, 0.3) is 0 Å². The van der Waals surface area contributed by atoms with E-state index in [0.717, 1.165) is 21.6 Å². The van der Waals surface area contributed by atoms with Crippen molar-refractivity contribution >= 4 is 33.0 Å². The number of Topliss-reactive ketones (excluding diaryl/α,β-unsaturated/α-hetero) is 1. The third kappa shape index (κ3) is 2.14. The number of carbonyl (C=O) groups excluding carboxylic acids is 1. The second kappa shape index (κ2) is 4.14. The van der Waals surface area contributed by atoms with Crippen LogP contribution in [0.1, 0.15) is 35.8 Å². The molecule has 0 N–H and O–H groups in total. The van der Waals surface area contributed by atoms with Gasteiger partial charge in [0.2, 0.25) is 0 Å². The quantitative estimate of drug-likeness (QED) is 0.769. The zero-order valence-electron chi connectivity index (χ0n) is 7.06. The molecule has 0 spiro atoms. The molecule has 12 heavy (non-hydrogen) atoms. The van der Waals surface area contributed by atoms with Crippen molar-refractivity contribution in [1.82, 2.24) is 4.98 Å². The maximum atomic E-state index is 11.0. The second-order valence-corrected chi connectivity index (χ2v) is 4.94. The summed E-state index contributed by atoms with van der Waals surface area (Å²) in [5.41, 5.74) is 0.573. The largest absolute Gasteiger partial charge is 0.293 e. The highest BCUT2D eigenvalue weighted by Gasteiger charge is 2.11. The smallest absolute Gasteiger partial charge is 0.180 e. The summed E-state index contributed by atoms with van der Waals surface area (Å²) in [6.45, 7) is 3.64. The monoisotopic (exact) mass is 247 g/mol. The summed E-state index contributed by atoms with van der Waals surface area (Å²) in [5, 5.41) is 1.04. The molecule has 1 aromatic heterocycles. The molecule has 66 valence electrons. The Hall–Kier alpha value is -0.220. The predicted molar refractivity (Wildman–Crippen MR) is 53.8 cm³/mol. The standard InChI is InChI=1S/C8H10BrNOS/c1-3-4-6-10-7(5(2)11)8(9)12-6/h3-4H2,1-2H3. The molecule has 0 aromatic carbocycles. The maximum absolute atomic E-state index is 11.0. The number of nitrogens with zero attached hydrogens (tertiary/aromatic N) is 1. The molecule has 0 saturated carbocycles. The van der Waals surface area contributed by atoms with Crippen molar-refractivity contribution in [2.24, 2.45) is 0 Å². The lowest BCUT2D eigenvalue weighted by molar-refractivity contribution is 0.101. The van der Waals surface area contributed by atoms with Gasteiger partial charge in [-0.1, -0.05) is 6.92 Å². The van der Waals surface area contributed by atoms with Gasteiger partial charge in [0.1, 0.15) is 9.48 Å². The summed E-state index contributed by atoms with van der Waals surface area (Å²) >= 11 is 4.87. The molecule has 4 heteroatoms. The summed E-state index contributed by atoms with van der Waals surface area (Å²) < 4.78 is 0.860. The van der Waals surface area contributed by atoms with Gasteiger partial charge in [-0.15, -0.1) is 11.3 Å². The van der Waals surface area contributed by atoms with Gasteiger partial charge in [-0.05, 0) is 28.8 Å². The van der Waals surface area contributed by atoms with Crippen molar-refractivity contribution in [3.05, 3.63) is 14.5 Å². The normalized spacial score (nSPS) is 10.2. The van der Waals surface area contributed by atoms with E-state index in [1.54, 1.807) is 11.3 Å². The molecule has 1 heterocycles. The highest BCUT2D eigenvalue weighted by atomic mass is 79.9. The van der Waals surface area contributed by atoms with Crippen LogP contribution in [0.5, 0.6) is 0 Å². The van der Waals surface area contributed by atoms with Gasteiger partial charge in [-0.2, -0.15) is 0 Å². The Morgan fingerprint density at radius 1 is 1.67 bits per heavy atom. The molecule has 1 aromatic rings. The first-order valence-electron chi connectivity index (χ1n) is 3.81. The SMILES string of the molecule is CCCc1nc(C(C)=O)c(Br)s1. The van der Waals surface area contributed by atoms with E-state index in [0.29, 0.717) is 5.69 Å². The third-order valence-electron chi connectivity index (χ3n) is 1.43. The molecule has 0 aliphatic rings. The number of aromatic nitrogens is 1. The van der Waals surface area contributed by atoms with E-state index in [9.17, 15) is 4.79 Å². The molecule has 0 atom stereocenters. The van der Waals surface area contributed by atoms with Gasteiger partial charge in [0.15, 0.2) is 5.78 Å². The Morgan fingerprint density at radius 2 is 2.33 bits per heavy atom. The lowest BCUT2D eigenvalue weighted by atomic mass is 10.3. The first kappa shape index (κ1) is 9.86. The Kier molecular flexibility index (Phi) is 3.40. The highest BCUT2D eigenvalue weighted by molar-refractivity contribution is 9.11. The van der Waals surface area contributed by atoms with Crippen molar-refractivity contribution in [3.63, 3.8) is 0 Å². The molecule has 0 unspecified atom stereocenters. The number of ketones is 1. The van der Waals surface area contributed by atoms with Crippen LogP contribution in [0.4, 0.5) is 0 Å². The molecule has 1 rings (SSSR count). The molecule has 0 radical (unpaired) electrons. The second-order valence-electron chi connectivity index (χ2n) is 2.54. The molecule has 0 aliphatic carbocycles. The number of thiazole rings is 1. The predicted octanol–water partition coefficient (Wildman–Crippen LogP) is 3.06. The fourth-order valence-corrected chi connectivity index (χ4v) is 2.75. The van der Waals surface area contributed by atoms with Crippen LogP contribution in [0.3, 0.4) is 0 Å². The number of rotatable bonds is 3. The molecule has 0 fully saturated rings. The number of carbonyl (C=O) groups is 1. The van der Waals surface area contributed by atoms with Gasteiger partial charge in [-0.25, -0.2) is 4.98 Å². The topological polar surface area (TPSA) is 30.0 Å². The summed E-state index contributed by atoms with van der Waals surface area (Å²) in [7, 11) is 0. The molecule has 0 bridgehead atoms. The number of halogens is 1. The lowest BCUT2D eigenvalue weighted by Gasteiger charge is -1.87. The lowest BCUT2D eigenvalue weighted by Crippen LogP contribution is -1.93. The first-order valence-corrected chi connectivity index (χ1v) is 5.42. The van der Waals surface area contributed by atoms with Gasteiger partial charge >= 0.3 is 0 Å². The summed E-state index contributed by atoms with van der Waals surface area (Å²) in [6.07, 6.45) is 2.02. The van der Waals surface area contributed by atoms with Crippen molar-refractivity contribution in [1.29, 1.82) is 0 Å². The minimum Gasteiger partial charge on any atom is -0.293 e. The van der Waals surface area contributed by atoms with Crippen molar-refractivity contribution in [2.45, 2.75) is 26.7 Å². The first-order chi connectivity index (χ1) is 5.65. The van der Waals surface area contributed by atoms with Crippen LogP contribution >= 0.6 is 27.3 Å². The summed E-state index contributed by atoms with van der Waals surface area (Å²) in [5.74, 6) is 0.0282. The van der Waals surface area contributed by atoms with E-state index >= 15 is 0 Å². The van der Waals surface area contributed by atoms with Crippen molar-refractivity contribution in [3.8, 4) is 0 Å². The van der Waals surface area contributed by atoms with E-state index in [4.69, 9.17) is 0 Å². The van der Waals surface area contributed by atoms with Crippen LogP contribution in [0.25, 0.3) is 0 Å². The summed E-state index contributed by atoms with van der Waals surface area (Å²) in [6, 6.07) is 0. The fraction of sp³-hybridized carbons (Fsp3) is 0.500. The van der Waals surface area contributed by atoms with Crippen LogP contribution in [-0.4, -0.2) is 10.8 Å².